The number of benzene rings is 1. The number of hydrogen-bond acceptors (Lipinski definition) is 5. The van der Waals surface area contributed by atoms with E-state index in [4.69, 9.17) is 15.2 Å². The molecule has 23 heavy (non-hydrogen) atoms. The first-order chi connectivity index (χ1) is 11.3. The monoisotopic (exact) mass is 313 g/mol. The second-order valence-electron chi connectivity index (χ2n) is 5.72. The van der Waals surface area contributed by atoms with Gasteiger partial charge in [0.1, 0.15) is 12.7 Å². The van der Waals surface area contributed by atoms with Gasteiger partial charge < -0.3 is 15.2 Å². The molecular formula is C18H23N3O2. The number of nitrogens with two attached hydrogens (primary N) is 1. The van der Waals surface area contributed by atoms with Crippen LogP contribution >= 0.6 is 0 Å². The molecule has 3 rings (SSSR count). The molecule has 2 aromatic rings. The number of rotatable bonds is 7. The second-order valence-corrected chi connectivity index (χ2v) is 5.72. The third-order valence-electron chi connectivity index (χ3n) is 3.83. The predicted molar refractivity (Wildman–Crippen MR) is 89.5 cm³/mol. The molecule has 0 saturated heterocycles. The summed E-state index contributed by atoms with van der Waals surface area (Å²) in [6, 6.07) is 14.2. The van der Waals surface area contributed by atoms with Crippen LogP contribution in [-0.2, 0) is 6.54 Å². The van der Waals surface area contributed by atoms with Crippen LogP contribution in [0.2, 0.25) is 0 Å². The fourth-order valence-corrected chi connectivity index (χ4v) is 2.72. The lowest BCUT2D eigenvalue weighted by molar-refractivity contribution is 0.0516. The van der Waals surface area contributed by atoms with Crippen LogP contribution in [0.4, 0.5) is 0 Å². The molecular weight excluding hydrogens is 290 g/mol. The molecule has 122 valence electrons. The van der Waals surface area contributed by atoms with E-state index in [9.17, 15) is 0 Å². The van der Waals surface area contributed by atoms with Gasteiger partial charge in [0.15, 0.2) is 5.75 Å². The van der Waals surface area contributed by atoms with Crippen LogP contribution in [0.3, 0.4) is 0 Å². The van der Waals surface area contributed by atoms with Crippen molar-refractivity contribution in [1.82, 2.24) is 9.88 Å². The molecule has 1 unspecified atom stereocenters. The third kappa shape index (κ3) is 4.43. The highest BCUT2D eigenvalue weighted by molar-refractivity contribution is 5.34. The molecule has 1 aliphatic heterocycles. The Morgan fingerprint density at radius 2 is 2.04 bits per heavy atom. The van der Waals surface area contributed by atoms with Crippen molar-refractivity contribution < 1.29 is 9.47 Å². The highest BCUT2D eigenvalue weighted by atomic mass is 16.6. The van der Waals surface area contributed by atoms with Gasteiger partial charge in [-0.3, -0.25) is 4.90 Å². The lowest BCUT2D eigenvalue weighted by Gasteiger charge is -2.30. The number of aromatic nitrogens is 1. The van der Waals surface area contributed by atoms with E-state index in [1.807, 2.05) is 18.2 Å². The van der Waals surface area contributed by atoms with Crippen LogP contribution in [0, 0.1) is 0 Å². The summed E-state index contributed by atoms with van der Waals surface area (Å²) in [5.74, 6) is 1.31. The van der Waals surface area contributed by atoms with Crippen molar-refractivity contribution in [3.8, 4) is 11.6 Å². The number of ether oxygens (including phenoxy) is 2. The Morgan fingerprint density at radius 3 is 2.87 bits per heavy atom. The van der Waals surface area contributed by atoms with Crippen LogP contribution in [0.1, 0.15) is 12.0 Å². The van der Waals surface area contributed by atoms with Gasteiger partial charge in [-0.15, -0.1) is 0 Å². The van der Waals surface area contributed by atoms with Gasteiger partial charge in [0, 0.05) is 19.3 Å². The zero-order chi connectivity index (χ0) is 15.9. The smallest absolute Gasteiger partial charge is 0.257 e. The van der Waals surface area contributed by atoms with Gasteiger partial charge in [0.2, 0.25) is 0 Å². The summed E-state index contributed by atoms with van der Waals surface area (Å²) < 4.78 is 11.7. The average molecular weight is 313 g/mol. The standard InChI is InChI=1S/C18H23N3O2/c19-9-5-11-21(12-15-6-2-1-3-7-15)13-16-14-22-17-8-4-10-20-18(17)23-16/h1-4,6-8,10,16H,5,9,11-14,19H2. The van der Waals surface area contributed by atoms with E-state index < -0.39 is 0 Å². The Hall–Kier alpha value is -2.11. The number of fused-ring (bicyclic) bond motifs is 1. The molecule has 1 aromatic heterocycles. The van der Waals surface area contributed by atoms with Gasteiger partial charge >= 0.3 is 0 Å². The molecule has 1 aliphatic rings. The molecule has 0 fully saturated rings. The van der Waals surface area contributed by atoms with Crippen molar-refractivity contribution in [2.45, 2.75) is 19.1 Å². The molecule has 5 heteroatoms. The van der Waals surface area contributed by atoms with Crippen molar-refractivity contribution in [3.63, 3.8) is 0 Å². The van der Waals surface area contributed by atoms with E-state index in [2.05, 4.69) is 34.1 Å². The molecule has 1 aromatic carbocycles. The zero-order valence-electron chi connectivity index (χ0n) is 13.2. The molecule has 2 N–H and O–H groups in total. The Morgan fingerprint density at radius 1 is 1.17 bits per heavy atom. The Kier molecular flexibility index (Phi) is 5.45. The van der Waals surface area contributed by atoms with Crippen LogP contribution < -0.4 is 15.2 Å². The minimum Gasteiger partial charge on any atom is -0.484 e. The van der Waals surface area contributed by atoms with E-state index in [1.54, 1.807) is 6.20 Å². The summed E-state index contributed by atoms with van der Waals surface area (Å²) in [7, 11) is 0. The summed E-state index contributed by atoms with van der Waals surface area (Å²) >= 11 is 0. The predicted octanol–water partition coefficient (Wildman–Crippen LogP) is 2.07. The molecule has 0 radical (unpaired) electrons. The molecule has 0 spiro atoms. The van der Waals surface area contributed by atoms with E-state index in [0.717, 1.165) is 31.8 Å². The minimum atomic E-state index is -0.0149. The lowest BCUT2D eigenvalue weighted by Crippen LogP contribution is -2.41. The molecule has 2 heterocycles. The van der Waals surface area contributed by atoms with Crippen LogP contribution in [0.5, 0.6) is 11.6 Å². The maximum atomic E-state index is 5.97. The van der Waals surface area contributed by atoms with Gasteiger partial charge in [-0.05, 0) is 37.2 Å². The maximum Gasteiger partial charge on any atom is 0.257 e. The summed E-state index contributed by atoms with van der Waals surface area (Å²) in [6.45, 7) is 3.87. The number of pyridine rings is 1. The van der Waals surface area contributed by atoms with Crippen LogP contribution in [0.15, 0.2) is 48.7 Å². The Balaban J connectivity index is 1.62. The Labute approximate surface area is 137 Å². The molecule has 1 atom stereocenters. The summed E-state index contributed by atoms with van der Waals surface area (Å²) in [5.41, 5.74) is 6.97. The second kappa shape index (κ2) is 7.94. The first-order valence-electron chi connectivity index (χ1n) is 8.06. The summed E-state index contributed by atoms with van der Waals surface area (Å²) in [5, 5.41) is 0. The fourth-order valence-electron chi connectivity index (χ4n) is 2.72. The van der Waals surface area contributed by atoms with Gasteiger partial charge in [0.05, 0.1) is 0 Å². The highest BCUT2D eigenvalue weighted by Gasteiger charge is 2.24. The van der Waals surface area contributed by atoms with Gasteiger partial charge in [-0.25, -0.2) is 4.98 Å². The fraction of sp³-hybridized carbons (Fsp3) is 0.389. The van der Waals surface area contributed by atoms with Crippen molar-refractivity contribution in [2.75, 3.05) is 26.2 Å². The summed E-state index contributed by atoms with van der Waals surface area (Å²) in [4.78, 5) is 6.60. The SMILES string of the molecule is NCCCN(Cc1ccccc1)CC1COc2cccnc2O1. The highest BCUT2D eigenvalue weighted by Crippen LogP contribution is 2.28. The van der Waals surface area contributed by atoms with Crippen LogP contribution in [-0.4, -0.2) is 42.2 Å². The zero-order valence-corrected chi connectivity index (χ0v) is 13.2. The average Bonchev–Trinajstić information content (AvgIpc) is 2.60. The van der Waals surface area contributed by atoms with Crippen molar-refractivity contribution in [1.29, 1.82) is 0 Å². The van der Waals surface area contributed by atoms with E-state index in [-0.39, 0.29) is 6.10 Å². The first-order valence-corrected chi connectivity index (χ1v) is 8.06. The molecule has 5 nitrogen and oxygen atoms in total. The molecule has 0 saturated carbocycles. The largest absolute Gasteiger partial charge is 0.484 e. The van der Waals surface area contributed by atoms with E-state index in [0.29, 0.717) is 19.0 Å². The van der Waals surface area contributed by atoms with Crippen molar-refractivity contribution >= 4 is 0 Å². The van der Waals surface area contributed by atoms with Crippen molar-refractivity contribution in [3.05, 3.63) is 54.2 Å². The molecule has 0 aliphatic carbocycles. The maximum absolute atomic E-state index is 5.97. The summed E-state index contributed by atoms with van der Waals surface area (Å²) in [6.07, 6.45) is 2.68. The van der Waals surface area contributed by atoms with Gasteiger partial charge in [-0.1, -0.05) is 30.3 Å². The third-order valence-corrected chi connectivity index (χ3v) is 3.83. The van der Waals surface area contributed by atoms with E-state index in [1.165, 1.54) is 5.56 Å². The quantitative estimate of drug-likeness (QED) is 0.848. The number of nitrogens with zero attached hydrogens (tertiary/aromatic N) is 2. The van der Waals surface area contributed by atoms with E-state index >= 15 is 0 Å². The van der Waals surface area contributed by atoms with Crippen LogP contribution in [0.25, 0.3) is 0 Å². The minimum absolute atomic E-state index is 0.0149. The number of hydrogen-bond donors (Lipinski definition) is 1. The molecule has 0 amide bonds. The van der Waals surface area contributed by atoms with Gasteiger partial charge in [-0.2, -0.15) is 0 Å². The van der Waals surface area contributed by atoms with Crippen molar-refractivity contribution in [2.24, 2.45) is 5.73 Å². The topological polar surface area (TPSA) is 60.6 Å². The normalized spacial score (nSPS) is 16.5. The first kappa shape index (κ1) is 15.8. The van der Waals surface area contributed by atoms with Gasteiger partial charge in [0.25, 0.3) is 5.88 Å². The lowest BCUT2D eigenvalue weighted by atomic mass is 10.2. The Bertz CT molecular complexity index is 606. The molecule has 0 bridgehead atoms.